The molecule has 0 spiro atoms. The first-order valence-electron chi connectivity index (χ1n) is 18.9. The van der Waals surface area contributed by atoms with Crippen LogP contribution in [0.4, 0.5) is 0 Å². The van der Waals surface area contributed by atoms with Crippen LogP contribution < -0.4 is 0 Å². The normalized spacial score (nSPS) is 12.5. The zero-order chi connectivity index (χ0) is 32.4. The first-order valence-corrected chi connectivity index (χ1v) is 20.4. The summed E-state index contributed by atoms with van der Waals surface area (Å²) < 4.78 is 26.8. The number of hydrogen-bond donors (Lipinski definition) is 2. The van der Waals surface area contributed by atoms with Crippen LogP contribution in [-0.2, 0) is 23.4 Å². The molecule has 0 aromatic heterocycles. The van der Waals surface area contributed by atoms with Crippen LogP contribution in [0.1, 0.15) is 200 Å². The van der Waals surface area contributed by atoms with Crippen molar-refractivity contribution in [3.63, 3.8) is 0 Å². The largest absolute Gasteiger partial charge is 0.469 e. The van der Waals surface area contributed by atoms with Crippen molar-refractivity contribution in [1.29, 1.82) is 0 Å². The molecular weight excluding hydrogens is 575 g/mol. The van der Waals surface area contributed by atoms with Crippen molar-refractivity contribution in [3.8, 4) is 0 Å². The van der Waals surface area contributed by atoms with Gasteiger partial charge in [-0.15, -0.1) is 0 Å². The summed E-state index contributed by atoms with van der Waals surface area (Å²) in [5.41, 5.74) is 0. The summed E-state index contributed by atoms with van der Waals surface area (Å²) >= 11 is 0. The molecule has 0 aromatic rings. The molecule has 1 atom stereocenters. The van der Waals surface area contributed by atoms with Crippen LogP contribution >= 0.6 is 7.82 Å². The molecule has 264 valence electrons. The third-order valence-corrected chi connectivity index (χ3v) is 8.89. The summed E-state index contributed by atoms with van der Waals surface area (Å²) in [5, 5.41) is 0. The maximum Gasteiger partial charge on any atom is 0.469 e. The summed E-state index contributed by atoms with van der Waals surface area (Å²) in [6.07, 6.45) is 35.4. The average Bonchev–Trinajstić information content (AvgIpc) is 2.99. The Kier molecular flexibility index (Phi) is 33.5. The molecule has 8 heteroatoms. The van der Waals surface area contributed by atoms with Crippen molar-refractivity contribution < 1.29 is 33.1 Å². The van der Waals surface area contributed by atoms with Crippen LogP contribution in [0.25, 0.3) is 0 Å². The Labute approximate surface area is 272 Å². The van der Waals surface area contributed by atoms with Crippen molar-refractivity contribution in [2.75, 3.05) is 19.8 Å². The topological polar surface area (TPSA) is 102 Å². The SMILES string of the molecule is CCCCCCCCCCCCCCCCCCCCCCOC[C@H](COP(=O)(O)O)OC(=O)CCCCCCCCCC. The number of carbonyl (C=O) groups is 1. The second kappa shape index (κ2) is 33.9. The number of phosphoric ester groups is 1. The Morgan fingerprint density at radius 3 is 1.23 bits per heavy atom. The van der Waals surface area contributed by atoms with E-state index < -0.39 is 13.9 Å². The highest BCUT2D eigenvalue weighted by Gasteiger charge is 2.21. The van der Waals surface area contributed by atoms with Gasteiger partial charge in [-0.1, -0.05) is 181 Å². The highest BCUT2D eigenvalue weighted by molar-refractivity contribution is 7.46. The molecule has 0 aliphatic heterocycles. The molecule has 0 bridgehead atoms. The fraction of sp³-hybridized carbons (Fsp3) is 0.972. The third kappa shape index (κ3) is 36.0. The zero-order valence-corrected chi connectivity index (χ0v) is 30.0. The second-order valence-electron chi connectivity index (χ2n) is 12.9. The van der Waals surface area contributed by atoms with Crippen molar-refractivity contribution in [2.24, 2.45) is 0 Å². The summed E-state index contributed by atoms with van der Waals surface area (Å²) in [4.78, 5) is 30.3. The molecule has 0 radical (unpaired) electrons. The molecule has 0 fully saturated rings. The molecule has 0 amide bonds. The van der Waals surface area contributed by atoms with Crippen LogP contribution in [-0.4, -0.2) is 41.7 Å². The van der Waals surface area contributed by atoms with Crippen LogP contribution in [0.3, 0.4) is 0 Å². The Balaban J connectivity index is 3.67. The lowest BCUT2D eigenvalue weighted by molar-refractivity contribution is -0.154. The van der Waals surface area contributed by atoms with Crippen molar-refractivity contribution in [2.45, 2.75) is 206 Å². The van der Waals surface area contributed by atoms with E-state index in [-0.39, 0.29) is 19.2 Å². The molecule has 44 heavy (non-hydrogen) atoms. The smallest absolute Gasteiger partial charge is 0.457 e. The molecule has 0 unspecified atom stereocenters. The predicted octanol–water partition coefficient (Wildman–Crippen LogP) is 11.4. The lowest BCUT2D eigenvalue weighted by Crippen LogP contribution is -2.28. The molecule has 0 aromatic carbocycles. The highest BCUT2D eigenvalue weighted by Crippen LogP contribution is 2.36. The molecule has 0 saturated heterocycles. The first kappa shape index (κ1) is 43.5. The van der Waals surface area contributed by atoms with Gasteiger partial charge in [-0.05, 0) is 12.8 Å². The number of hydrogen-bond acceptors (Lipinski definition) is 5. The van der Waals surface area contributed by atoms with E-state index in [9.17, 15) is 9.36 Å². The van der Waals surface area contributed by atoms with E-state index in [2.05, 4.69) is 18.4 Å². The number of phosphoric acid groups is 1. The number of unbranched alkanes of at least 4 members (excludes halogenated alkanes) is 26. The standard InChI is InChI=1S/C36H73O7P/c1-3-5-7-9-11-13-14-15-16-17-18-19-20-21-22-23-24-26-28-30-32-41-33-35(34-42-44(38,39)40)43-36(37)31-29-27-25-12-10-8-6-4-2/h35H,3-34H2,1-2H3,(H2,38,39,40)/t35-/m1/s1. The van der Waals surface area contributed by atoms with Crippen LogP contribution in [0.15, 0.2) is 0 Å². The predicted molar refractivity (Wildman–Crippen MR) is 184 cm³/mol. The molecule has 0 saturated carbocycles. The molecule has 0 aliphatic carbocycles. The molecule has 0 heterocycles. The van der Waals surface area contributed by atoms with Gasteiger partial charge in [-0.3, -0.25) is 9.32 Å². The first-order chi connectivity index (χ1) is 21.4. The van der Waals surface area contributed by atoms with Gasteiger partial charge in [0.25, 0.3) is 0 Å². The highest BCUT2D eigenvalue weighted by atomic mass is 31.2. The van der Waals surface area contributed by atoms with Gasteiger partial charge in [0.15, 0.2) is 0 Å². The van der Waals surface area contributed by atoms with E-state index in [1.165, 1.54) is 148 Å². The Bertz CT molecular complexity index is 640. The average molecular weight is 649 g/mol. The molecule has 7 nitrogen and oxygen atoms in total. The molecular formula is C36H73O7P. The second-order valence-corrected chi connectivity index (χ2v) is 14.2. The monoisotopic (exact) mass is 649 g/mol. The summed E-state index contributed by atoms with van der Waals surface area (Å²) in [6.45, 7) is 4.75. The van der Waals surface area contributed by atoms with Gasteiger partial charge in [0, 0.05) is 13.0 Å². The number of rotatable bonds is 36. The van der Waals surface area contributed by atoms with Gasteiger partial charge < -0.3 is 19.3 Å². The minimum atomic E-state index is -4.63. The van der Waals surface area contributed by atoms with Crippen LogP contribution in [0, 0.1) is 0 Å². The fourth-order valence-electron chi connectivity index (χ4n) is 5.62. The van der Waals surface area contributed by atoms with Crippen molar-refractivity contribution >= 4 is 13.8 Å². The van der Waals surface area contributed by atoms with E-state index in [0.29, 0.717) is 13.0 Å². The molecule has 2 N–H and O–H groups in total. The van der Waals surface area contributed by atoms with Crippen molar-refractivity contribution in [3.05, 3.63) is 0 Å². The maximum absolute atomic E-state index is 12.2. The number of esters is 1. The summed E-state index contributed by atoms with van der Waals surface area (Å²) in [6, 6.07) is 0. The Morgan fingerprint density at radius 2 is 0.864 bits per heavy atom. The van der Waals surface area contributed by atoms with Gasteiger partial charge in [-0.2, -0.15) is 0 Å². The minimum absolute atomic E-state index is 0.0856. The number of carbonyl (C=O) groups excluding carboxylic acids is 1. The van der Waals surface area contributed by atoms with Gasteiger partial charge >= 0.3 is 13.8 Å². The Morgan fingerprint density at radius 1 is 0.523 bits per heavy atom. The molecule has 0 aliphatic rings. The number of ether oxygens (including phenoxy) is 2. The lowest BCUT2D eigenvalue weighted by atomic mass is 10.0. The van der Waals surface area contributed by atoms with E-state index in [0.717, 1.165) is 32.1 Å². The van der Waals surface area contributed by atoms with Gasteiger partial charge in [0.05, 0.1) is 13.2 Å². The maximum atomic E-state index is 12.2. The van der Waals surface area contributed by atoms with Crippen LogP contribution in [0.5, 0.6) is 0 Å². The lowest BCUT2D eigenvalue weighted by Gasteiger charge is -2.18. The molecule has 0 rings (SSSR count). The van der Waals surface area contributed by atoms with Gasteiger partial charge in [0.1, 0.15) is 6.10 Å². The van der Waals surface area contributed by atoms with E-state index >= 15 is 0 Å². The fourth-order valence-corrected chi connectivity index (χ4v) is 5.98. The zero-order valence-electron chi connectivity index (χ0n) is 29.1. The quantitative estimate of drug-likeness (QED) is 0.0396. The summed E-state index contributed by atoms with van der Waals surface area (Å²) in [7, 11) is -4.63. The van der Waals surface area contributed by atoms with Crippen molar-refractivity contribution in [1.82, 2.24) is 0 Å². The summed E-state index contributed by atoms with van der Waals surface area (Å²) in [5.74, 6) is -0.363. The Hall–Kier alpha value is -0.460. The van der Waals surface area contributed by atoms with Gasteiger partial charge in [-0.25, -0.2) is 4.57 Å². The van der Waals surface area contributed by atoms with Crippen LogP contribution in [0.2, 0.25) is 0 Å². The third-order valence-electron chi connectivity index (χ3n) is 8.41. The van der Waals surface area contributed by atoms with Gasteiger partial charge in [0.2, 0.25) is 0 Å². The van der Waals surface area contributed by atoms with E-state index in [4.69, 9.17) is 19.3 Å². The van der Waals surface area contributed by atoms with E-state index in [1.807, 2.05) is 0 Å². The minimum Gasteiger partial charge on any atom is -0.457 e. The van der Waals surface area contributed by atoms with E-state index in [1.54, 1.807) is 0 Å².